The summed E-state index contributed by atoms with van der Waals surface area (Å²) < 4.78 is 52.4. The van der Waals surface area contributed by atoms with Crippen LogP contribution in [0.2, 0.25) is 0 Å². The van der Waals surface area contributed by atoms with Gasteiger partial charge in [-0.25, -0.2) is 4.39 Å². The summed E-state index contributed by atoms with van der Waals surface area (Å²) in [7, 11) is 0. The van der Waals surface area contributed by atoms with Gasteiger partial charge in [-0.05, 0) is 61.8 Å². The van der Waals surface area contributed by atoms with Crippen LogP contribution in [0.4, 0.5) is 23.2 Å². The zero-order valence-electron chi connectivity index (χ0n) is 15.9. The molecule has 0 spiro atoms. The molecule has 0 radical (unpaired) electrons. The molecular weight excluding hydrogens is 404 g/mol. The maximum Gasteiger partial charge on any atom is 0.416 e. The molecule has 2 aromatic rings. The van der Waals surface area contributed by atoms with Gasteiger partial charge in [-0.1, -0.05) is 12.1 Å². The molecule has 160 valence electrons. The number of halogens is 4. The maximum atomic E-state index is 13.9. The average Bonchev–Trinajstić information content (AvgIpc) is 2.68. The van der Waals surface area contributed by atoms with E-state index in [1.165, 1.54) is 0 Å². The van der Waals surface area contributed by atoms with Crippen LogP contribution in [-0.2, 0) is 17.5 Å². The number of carboxylic acids is 1. The molecule has 0 aliphatic carbocycles. The fourth-order valence-corrected chi connectivity index (χ4v) is 3.42. The number of carbonyl (C=O) groups excluding carboxylic acids is 1. The van der Waals surface area contributed by atoms with E-state index in [1.54, 1.807) is 18.2 Å². The van der Waals surface area contributed by atoms with E-state index in [0.717, 1.165) is 5.56 Å². The normalized spacial score (nSPS) is 15.7. The molecule has 0 unspecified atom stereocenters. The Bertz CT molecular complexity index is 938. The Kier molecular flexibility index (Phi) is 6.40. The van der Waals surface area contributed by atoms with Crippen molar-refractivity contribution in [2.24, 2.45) is 5.92 Å². The molecular formula is C21H20F4N2O3. The highest BCUT2D eigenvalue weighted by Crippen LogP contribution is 2.30. The first kappa shape index (κ1) is 21.8. The molecule has 9 heteroatoms. The number of hydrogen-bond donors (Lipinski definition) is 2. The third-order valence-corrected chi connectivity index (χ3v) is 5.07. The van der Waals surface area contributed by atoms with E-state index in [0.29, 0.717) is 56.4 Å². The van der Waals surface area contributed by atoms with Crippen LogP contribution in [0, 0.1) is 11.7 Å². The summed E-state index contributed by atoms with van der Waals surface area (Å²) in [6, 6.07) is 8.41. The molecule has 1 heterocycles. The predicted octanol–water partition coefficient (Wildman–Crippen LogP) is 4.39. The minimum absolute atomic E-state index is 0.328. The topological polar surface area (TPSA) is 69.6 Å². The number of alkyl halides is 3. The van der Waals surface area contributed by atoms with Crippen molar-refractivity contribution in [2.45, 2.75) is 25.6 Å². The Morgan fingerprint density at radius 3 is 2.43 bits per heavy atom. The Morgan fingerprint density at radius 1 is 1.10 bits per heavy atom. The second-order valence-electron chi connectivity index (χ2n) is 7.24. The molecule has 0 bridgehead atoms. The van der Waals surface area contributed by atoms with Crippen molar-refractivity contribution >= 4 is 17.6 Å². The minimum Gasteiger partial charge on any atom is -0.481 e. The molecule has 2 N–H and O–H groups in total. The Morgan fingerprint density at radius 2 is 1.80 bits per heavy atom. The zero-order valence-corrected chi connectivity index (χ0v) is 15.9. The minimum atomic E-state index is -4.68. The van der Waals surface area contributed by atoms with Crippen LogP contribution >= 0.6 is 0 Å². The number of anilines is 1. The molecule has 2 aromatic carbocycles. The lowest BCUT2D eigenvalue weighted by Gasteiger charge is -2.30. The second-order valence-corrected chi connectivity index (χ2v) is 7.24. The number of carboxylic acid groups (broad SMARTS) is 1. The van der Waals surface area contributed by atoms with Crippen molar-refractivity contribution in [3.8, 4) is 0 Å². The van der Waals surface area contributed by atoms with Crippen LogP contribution in [0.3, 0.4) is 0 Å². The molecule has 30 heavy (non-hydrogen) atoms. The number of hydrogen-bond acceptors (Lipinski definition) is 3. The van der Waals surface area contributed by atoms with Gasteiger partial charge in [-0.15, -0.1) is 0 Å². The van der Waals surface area contributed by atoms with Gasteiger partial charge in [0.25, 0.3) is 5.91 Å². The summed E-state index contributed by atoms with van der Waals surface area (Å²) in [6.07, 6.45) is -3.57. The molecule has 0 aromatic heterocycles. The van der Waals surface area contributed by atoms with E-state index in [1.807, 2.05) is 6.07 Å². The molecule has 1 aliphatic rings. The van der Waals surface area contributed by atoms with Gasteiger partial charge in [0.15, 0.2) is 0 Å². The van der Waals surface area contributed by atoms with Gasteiger partial charge in [-0.2, -0.15) is 13.2 Å². The Balaban J connectivity index is 1.67. The summed E-state index contributed by atoms with van der Waals surface area (Å²) in [5.41, 5.74) is -0.626. The summed E-state index contributed by atoms with van der Waals surface area (Å²) in [6.45, 7) is 1.79. The summed E-state index contributed by atoms with van der Waals surface area (Å²) in [5.74, 6) is -3.15. The Hall–Kier alpha value is -2.94. The molecule has 1 saturated heterocycles. The highest BCUT2D eigenvalue weighted by molar-refractivity contribution is 6.04. The van der Waals surface area contributed by atoms with E-state index in [-0.39, 0.29) is 5.92 Å². The third kappa shape index (κ3) is 5.35. The van der Waals surface area contributed by atoms with Crippen molar-refractivity contribution in [3.63, 3.8) is 0 Å². The smallest absolute Gasteiger partial charge is 0.416 e. The number of nitrogens with zero attached hydrogens (tertiary/aromatic N) is 1. The van der Waals surface area contributed by atoms with Crippen molar-refractivity contribution in [2.75, 3.05) is 18.4 Å². The van der Waals surface area contributed by atoms with E-state index < -0.39 is 35.0 Å². The number of rotatable bonds is 5. The molecule has 1 amide bonds. The van der Waals surface area contributed by atoms with E-state index in [4.69, 9.17) is 5.11 Å². The highest BCUT2D eigenvalue weighted by atomic mass is 19.4. The monoisotopic (exact) mass is 424 g/mol. The first-order valence-electron chi connectivity index (χ1n) is 9.35. The van der Waals surface area contributed by atoms with Crippen LogP contribution in [0.1, 0.15) is 34.3 Å². The van der Waals surface area contributed by atoms with Crippen LogP contribution in [0.15, 0.2) is 42.5 Å². The van der Waals surface area contributed by atoms with Gasteiger partial charge in [-0.3, -0.25) is 14.5 Å². The van der Waals surface area contributed by atoms with Crippen LogP contribution in [0.5, 0.6) is 0 Å². The second kappa shape index (κ2) is 8.83. The summed E-state index contributed by atoms with van der Waals surface area (Å²) in [5, 5.41) is 11.5. The van der Waals surface area contributed by atoms with Crippen LogP contribution < -0.4 is 5.32 Å². The van der Waals surface area contributed by atoms with Gasteiger partial charge >= 0.3 is 12.1 Å². The van der Waals surface area contributed by atoms with E-state index in [9.17, 15) is 27.2 Å². The van der Waals surface area contributed by atoms with Gasteiger partial charge in [0.05, 0.1) is 17.0 Å². The lowest BCUT2D eigenvalue weighted by Crippen LogP contribution is -2.35. The summed E-state index contributed by atoms with van der Waals surface area (Å²) >= 11 is 0. The van der Waals surface area contributed by atoms with Crippen LogP contribution in [0.25, 0.3) is 0 Å². The molecule has 1 aliphatic heterocycles. The van der Waals surface area contributed by atoms with Gasteiger partial charge in [0.2, 0.25) is 0 Å². The standard InChI is InChI=1S/C21H20F4N2O3/c22-18-5-4-15(21(23,24)25)11-17(18)19(28)26-16-3-1-2-13(10-16)12-27-8-6-14(7-9-27)20(29)30/h1-5,10-11,14H,6-9,12H2,(H,26,28)(H,29,30). The Labute approximate surface area is 170 Å². The zero-order chi connectivity index (χ0) is 21.9. The quantitative estimate of drug-likeness (QED) is 0.699. The number of carbonyl (C=O) groups is 2. The van der Waals surface area contributed by atoms with Crippen molar-refractivity contribution in [3.05, 3.63) is 65.0 Å². The van der Waals surface area contributed by atoms with Crippen molar-refractivity contribution in [1.82, 2.24) is 4.90 Å². The average molecular weight is 424 g/mol. The van der Waals surface area contributed by atoms with Gasteiger partial charge in [0.1, 0.15) is 5.82 Å². The maximum absolute atomic E-state index is 13.9. The lowest BCUT2D eigenvalue weighted by molar-refractivity contribution is -0.143. The summed E-state index contributed by atoms with van der Waals surface area (Å²) in [4.78, 5) is 25.5. The lowest BCUT2D eigenvalue weighted by atomic mass is 9.97. The number of likely N-dealkylation sites (tertiary alicyclic amines) is 1. The van der Waals surface area contributed by atoms with Crippen LogP contribution in [-0.4, -0.2) is 35.0 Å². The van der Waals surface area contributed by atoms with Gasteiger partial charge in [0, 0.05) is 12.2 Å². The SMILES string of the molecule is O=C(Nc1cccc(CN2CCC(C(=O)O)CC2)c1)c1cc(C(F)(F)F)ccc1F. The fraction of sp³-hybridized carbons (Fsp3) is 0.333. The number of aliphatic carboxylic acids is 1. The predicted molar refractivity (Wildman–Crippen MR) is 101 cm³/mol. The van der Waals surface area contributed by atoms with E-state index >= 15 is 0 Å². The molecule has 0 atom stereocenters. The van der Waals surface area contributed by atoms with Crippen molar-refractivity contribution in [1.29, 1.82) is 0 Å². The third-order valence-electron chi connectivity index (χ3n) is 5.07. The first-order chi connectivity index (χ1) is 14.1. The molecule has 5 nitrogen and oxygen atoms in total. The number of benzene rings is 2. The highest BCUT2D eigenvalue weighted by Gasteiger charge is 2.32. The largest absolute Gasteiger partial charge is 0.481 e. The first-order valence-corrected chi connectivity index (χ1v) is 9.35. The number of amides is 1. The van der Waals surface area contributed by atoms with Gasteiger partial charge < -0.3 is 10.4 Å². The molecule has 0 saturated carbocycles. The van der Waals surface area contributed by atoms with E-state index in [2.05, 4.69) is 10.2 Å². The number of piperidine rings is 1. The molecule has 1 fully saturated rings. The fourth-order valence-electron chi connectivity index (χ4n) is 3.42. The number of nitrogens with one attached hydrogen (secondary N) is 1. The van der Waals surface area contributed by atoms with Crippen molar-refractivity contribution < 1.29 is 32.3 Å². The molecule has 3 rings (SSSR count).